The van der Waals surface area contributed by atoms with E-state index in [2.05, 4.69) is 17.3 Å². The Morgan fingerprint density at radius 2 is 1.89 bits per heavy atom. The first-order chi connectivity index (χ1) is 9.13. The van der Waals surface area contributed by atoms with Gasteiger partial charge in [0.1, 0.15) is 0 Å². The van der Waals surface area contributed by atoms with Crippen molar-refractivity contribution in [1.82, 2.24) is 9.78 Å². The number of hydrogen-bond donors (Lipinski definition) is 1. The van der Waals surface area contributed by atoms with Crippen molar-refractivity contribution < 1.29 is 0 Å². The van der Waals surface area contributed by atoms with Crippen LogP contribution in [0.2, 0.25) is 0 Å². The molecule has 1 N–H and O–H groups in total. The maximum Gasteiger partial charge on any atom is 0.268 e. The summed E-state index contributed by atoms with van der Waals surface area (Å²) in [6.07, 6.45) is 9.09. The summed E-state index contributed by atoms with van der Waals surface area (Å²) in [6.45, 7) is 7.03. The van der Waals surface area contributed by atoms with Crippen LogP contribution in [0.4, 0.5) is 5.69 Å². The van der Waals surface area contributed by atoms with Gasteiger partial charge in [0.05, 0.1) is 11.9 Å². The first-order valence-electron chi connectivity index (χ1n) is 7.47. The van der Waals surface area contributed by atoms with Gasteiger partial charge in [-0.15, -0.1) is 0 Å². The fourth-order valence-corrected chi connectivity index (χ4v) is 2.06. The Balaban J connectivity index is 2.36. The molecule has 0 saturated carbocycles. The maximum absolute atomic E-state index is 11.8. The molecule has 0 fully saturated rings. The summed E-state index contributed by atoms with van der Waals surface area (Å²) in [5, 5.41) is 7.39. The maximum atomic E-state index is 11.8. The lowest BCUT2D eigenvalue weighted by Crippen LogP contribution is -2.23. The second-order valence-corrected chi connectivity index (χ2v) is 5.37. The highest BCUT2D eigenvalue weighted by molar-refractivity contribution is 5.39. The predicted octanol–water partition coefficient (Wildman–Crippen LogP) is 3.42. The van der Waals surface area contributed by atoms with Gasteiger partial charge in [0.15, 0.2) is 0 Å². The molecule has 0 aliphatic carbocycles. The minimum absolute atomic E-state index is 0.0146. The molecule has 0 radical (unpaired) electrons. The number of nitrogens with zero attached hydrogens (tertiary/aromatic N) is 2. The minimum Gasteiger partial charge on any atom is -0.381 e. The molecule has 0 aliphatic rings. The van der Waals surface area contributed by atoms with Crippen molar-refractivity contribution >= 4 is 5.69 Å². The summed E-state index contributed by atoms with van der Waals surface area (Å²) in [4.78, 5) is 11.8. The van der Waals surface area contributed by atoms with Gasteiger partial charge in [0.2, 0.25) is 0 Å². The molecule has 108 valence electrons. The van der Waals surface area contributed by atoms with E-state index in [9.17, 15) is 4.79 Å². The molecule has 1 aromatic heterocycles. The summed E-state index contributed by atoms with van der Waals surface area (Å²) >= 11 is 0. The van der Waals surface area contributed by atoms with Gasteiger partial charge in [-0.3, -0.25) is 4.79 Å². The number of aromatic nitrogens is 2. The Kier molecular flexibility index (Phi) is 7.23. The van der Waals surface area contributed by atoms with Gasteiger partial charge in [-0.25, -0.2) is 4.68 Å². The summed E-state index contributed by atoms with van der Waals surface area (Å²) in [5.41, 5.74) is 0.790. The largest absolute Gasteiger partial charge is 0.381 e. The normalized spacial score (nSPS) is 10.9. The van der Waals surface area contributed by atoms with Gasteiger partial charge in [-0.05, 0) is 20.3 Å². The lowest BCUT2D eigenvalue weighted by atomic mass is 10.1. The minimum atomic E-state index is -0.0146. The molecule has 0 aromatic carbocycles. The molecule has 4 heteroatoms. The molecule has 0 bridgehead atoms. The van der Waals surface area contributed by atoms with Crippen LogP contribution in [-0.4, -0.2) is 15.8 Å². The van der Waals surface area contributed by atoms with E-state index in [4.69, 9.17) is 0 Å². The average molecular weight is 265 g/mol. The van der Waals surface area contributed by atoms with Crippen molar-refractivity contribution in [2.75, 3.05) is 5.32 Å². The van der Waals surface area contributed by atoms with Crippen molar-refractivity contribution in [3.8, 4) is 0 Å². The Labute approximate surface area is 116 Å². The predicted molar refractivity (Wildman–Crippen MR) is 80.6 cm³/mol. The zero-order valence-corrected chi connectivity index (χ0v) is 12.5. The highest BCUT2D eigenvalue weighted by Crippen LogP contribution is 2.06. The van der Waals surface area contributed by atoms with Crippen molar-refractivity contribution in [2.24, 2.45) is 0 Å². The molecule has 0 saturated heterocycles. The van der Waals surface area contributed by atoms with Crippen molar-refractivity contribution in [1.29, 1.82) is 0 Å². The zero-order chi connectivity index (χ0) is 14.1. The van der Waals surface area contributed by atoms with Crippen LogP contribution >= 0.6 is 0 Å². The van der Waals surface area contributed by atoms with E-state index in [0.29, 0.717) is 6.04 Å². The van der Waals surface area contributed by atoms with Gasteiger partial charge in [-0.1, -0.05) is 39.0 Å². The first-order valence-corrected chi connectivity index (χ1v) is 7.47. The van der Waals surface area contributed by atoms with Gasteiger partial charge in [-0.2, -0.15) is 5.10 Å². The van der Waals surface area contributed by atoms with E-state index in [1.54, 1.807) is 16.9 Å². The monoisotopic (exact) mass is 265 g/mol. The Bertz CT molecular complexity index is 412. The third kappa shape index (κ3) is 6.41. The second kappa shape index (κ2) is 8.73. The molecule has 0 aliphatic heterocycles. The number of unbranched alkanes of at least 4 members (excludes halogenated alkanes) is 5. The number of rotatable bonds is 9. The molecule has 0 atom stereocenters. The van der Waals surface area contributed by atoms with E-state index in [0.717, 1.165) is 18.7 Å². The molecule has 4 nitrogen and oxygen atoms in total. The van der Waals surface area contributed by atoms with Crippen molar-refractivity contribution in [2.45, 2.75) is 71.9 Å². The lowest BCUT2D eigenvalue weighted by molar-refractivity contribution is 0.509. The third-order valence-corrected chi connectivity index (χ3v) is 3.05. The van der Waals surface area contributed by atoms with Crippen LogP contribution in [0, 0.1) is 0 Å². The fraction of sp³-hybridized carbons (Fsp3) is 0.733. The lowest BCUT2D eigenvalue weighted by Gasteiger charge is -2.10. The Morgan fingerprint density at radius 3 is 2.53 bits per heavy atom. The molecular weight excluding hydrogens is 238 g/mol. The van der Waals surface area contributed by atoms with Gasteiger partial charge >= 0.3 is 0 Å². The summed E-state index contributed by atoms with van der Waals surface area (Å²) in [6, 6.07) is 1.94. The first kappa shape index (κ1) is 15.7. The molecule has 1 aromatic rings. The molecule has 0 amide bonds. The van der Waals surface area contributed by atoms with E-state index >= 15 is 0 Å². The van der Waals surface area contributed by atoms with E-state index in [1.807, 2.05) is 13.8 Å². The van der Waals surface area contributed by atoms with Crippen LogP contribution in [-0.2, 0) is 6.54 Å². The zero-order valence-electron chi connectivity index (χ0n) is 12.5. The third-order valence-electron chi connectivity index (χ3n) is 3.05. The quantitative estimate of drug-likeness (QED) is 0.696. The van der Waals surface area contributed by atoms with Crippen molar-refractivity contribution in [3.63, 3.8) is 0 Å². The van der Waals surface area contributed by atoms with Gasteiger partial charge in [0, 0.05) is 18.7 Å². The van der Waals surface area contributed by atoms with Crippen LogP contribution in [0.1, 0.15) is 59.3 Å². The van der Waals surface area contributed by atoms with Crippen molar-refractivity contribution in [3.05, 3.63) is 22.6 Å². The van der Waals surface area contributed by atoms with Crippen LogP contribution in [0.25, 0.3) is 0 Å². The second-order valence-electron chi connectivity index (χ2n) is 5.37. The van der Waals surface area contributed by atoms with E-state index < -0.39 is 0 Å². The number of nitrogens with one attached hydrogen (secondary N) is 1. The summed E-state index contributed by atoms with van der Waals surface area (Å²) in [7, 11) is 0. The fourth-order valence-electron chi connectivity index (χ4n) is 2.06. The smallest absolute Gasteiger partial charge is 0.268 e. The Morgan fingerprint density at radius 1 is 1.21 bits per heavy atom. The Hall–Kier alpha value is -1.32. The van der Waals surface area contributed by atoms with E-state index in [1.165, 1.54) is 32.1 Å². The summed E-state index contributed by atoms with van der Waals surface area (Å²) in [5.74, 6) is 0. The molecule has 0 unspecified atom stereocenters. The topological polar surface area (TPSA) is 46.9 Å². The summed E-state index contributed by atoms with van der Waals surface area (Å²) < 4.78 is 1.56. The van der Waals surface area contributed by atoms with Gasteiger partial charge in [0.25, 0.3) is 5.56 Å². The van der Waals surface area contributed by atoms with Crippen LogP contribution in [0.3, 0.4) is 0 Å². The molecule has 0 spiro atoms. The van der Waals surface area contributed by atoms with Gasteiger partial charge < -0.3 is 5.32 Å². The average Bonchev–Trinajstić information content (AvgIpc) is 2.35. The molecular formula is C15H27N3O. The van der Waals surface area contributed by atoms with E-state index in [-0.39, 0.29) is 5.56 Å². The number of hydrogen-bond acceptors (Lipinski definition) is 3. The van der Waals surface area contributed by atoms with Crippen LogP contribution < -0.4 is 10.9 Å². The molecule has 1 rings (SSSR count). The molecule has 19 heavy (non-hydrogen) atoms. The SMILES string of the molecule is CCCCCCCCn1ncc(NC(C)C)cc1=O. The standard InChI is InChI=1S/C15H27N3O/c1-4-5-6-7-8-9-10-18-15(19)11-14(12-16-18)17-13(2)3/h11-13,17H,4-10H2,1-3H3. The number of anilines is 1. The number of aryl methyl sites for hydroxylation is 1. The van der Waals surface area contributed by atoms with Crippen LogP contribution in [0.5, 0.6) is 0 Å². The molecule has 1 heterocycles. The van der Waals surface area contributed by atoms with Crippen LogP contribution in [0.15, 0.2) is 17.1 Å². The highest BCUT2D eigenvalue weighted by atomic mass is 16.1. The highest BCUT2D eigenvalue weighted by Gasteiger charge is 2.01.